The van der Waals surface area contributed by atoms with E-state index in [-0.39, 0.29) is 5.60 Å². The van der Waals surface area contributed by atoms with Gasteiger partial charge in [-0.05, 0) is 39.3 Å². The van der Waals surface area contributed by atoms with Gasteiger partial charge in [0, 0.05) is 31.7 Å². The summed E-state index contributed by atoms with van der Waals surface area (Å²) in [5.41, 5.74) is 1.19. The largest absolute Gasteiger partial charge is 0.487 e. The molecule has 0 saturated heterocycles. The zero-order valence-electron chi connectivity index (χ0n) is 12.2. The van der Waals surface area contributed by atoms with E-state index in [2.05, 4.69) is 37.4 Å². The summed E-state index contributed by atoms with van der Waals surface area (Å²) in [4.78, 5) is 0. The Morgan fingerprint density at radius 2 is 2.11 bits per heavy atom. The summed E-state index contributed by atoms with van der Waals surface area (Å²) in [6.45, 7) is 6.18. The first-order chi connectivity index (χ1) is 9.12. The van der Waals surface area contributed by atoms with Crippen molar-refractivity contribution in [3.8, 4) is 5.75 Å². The van der Waals surface area contributed by atoms with Gasteiger partial charge in [0.2, 0.25) is 0 Å². The van der Waals surface area contributed by atoms with Crippen molar-refractivity contribution in [3.05, 3.63) is 29.8 Å². The Morgan fingerprint density at radius 1 is 1.32 bits per heavy atom. The van der Waals surface area contributed by atoms with Crippen LogP contribution in [-0.4, -0.2) is 25.9 Å². The van der Waals surface area contributed by atoms with E-state index in [0.717, 1.165) is 38.2 Å². The maximum atomic E-state index is 6.03. The number of nitrogens with one attached hydrogen (secondary N) is 1. The maximum Gasteiger partial charge on any atom is 0.124 e. The van der Waals surface area contributed by atoms with Gasteiger partial charge in [-0.3, -0.25) is 0 Å². The van der Waals surface area contributed by atoms with Crippen LogP contribution in [0.2, 0.25) is 0 Å². The van der Waals surface area contributed by atoms with E-state index in [9.17, 15) is 0 Å². The quantitative estimate of drug-likeness (QED) is 0.799. The van der Waals surface area contributed by atoms with E-state index >= 15 is 0 Å². The van der Waals surface area contributed by atoms with Crippen molar-refractivity contribution >= 4 is 0 Å². The minimum absolute atomic E-state index is 0.0987. The van der Waals surface area contributed by atoms with Crippen molar-refractivity contribution in [3.63, 3.8) is 0 Å². The molecule has 0 spiro atoms. The number of hydrogen-bond donors (Lipinski definition) is 1. The van der Waals surface area contributed by atoms with E-state index in [4.69, 9.17) is 9.47 Å². The van der Waals surface area contributed by atoms with Crippen molar-refractivity contribution in [2.75, 3.05) is 20.3 Å². The Kier molecular flexibility index (Phi) is 4.83. The molecule has 1 aliphatic rings. The lowest BCUT2D eigenvalue weighted by Crippen LogP contribution is -2.39. The van der Waals surface area contributed by atoms with E-state index in [1.807, 2.05) is 6.07 Å². The Labute approximate surface area is 116 Å². The summed E-state index contributed by atoms with van der Waals surface area (Å²) in [6.07, 6.45) is 3.26. The smallest absolute Gasteiger partial charge is 0.124 e. The van der Waals surface area contributed by atoms with Gasteiger partial charge in [0.15, 0.2) is 0 Å². The Morgan fingerprint density at radius 3 is 2.89 bits per heavy atom. The highest BCUT2D eigenvalue weighted by atomic mass is 16.5. The summed E-state index contributed by atoms with van der Waals surface area (Å²) in [7, 11) is 1.75. The monoisotopic (exact) mass is 263 g/mol. The van der Waals surface area contributed by atoms with Crippen LogP contribution in [0.4, 0.5) is 0 Å². The maximum absolute atomic E-state index is 6.03. The molecule has 0 radical (unpaired) electrons. The van der Waals surface area contributed by atoms with Gasteiger partial charge in [-0.1, -0.05) is 18.2 Å². The molecular weight excluding hydrogens is 238 g/mol. The Bertz CT molecular complexity index is 403. The SMILES string of the molecule is COCCCCNC1CC(C)(C)Oc2ccccc21. The molecule has 2 rings (SSSR count). The zero-order valence-corrected chi connectivity index (χ0v) is 12.2. The van der Waals surface area contributed by atoms with Crippen molar-refractivity contribution in [2.45, 2.75) is 44.8 Å². The third-order valence-electron chi connectivity index (χ3n) is 3.54. The van der Waals surface area contributed by atoms with Crippen LogP contribution >= 0.6 is 0 Å². The number of unbranched alkanes of at least 4 members (excludes halogenated alkanes) is 1. The van der Waals surface area contributed by atoms with Gasteiger partial charge in [0.05, 0.1) is 0 Å². The van der Waals surface area contributed by atoms with Crippen LogP contribution in [0.15, 0.2) is 24.3 Å². The number of ether oxygens (including phenoxy) is 2. The van der Waals surface area contributed by atoms with Crippen LogP contribution in [0.25, 0.3) is 0 Å². The lowest BCUT2D eigenvalue weighted by Gasteiger charge is -2.38. The van der Waals surface area contributed by atoms with Crippen LogP contribution in [-0.2, 0) is 4.74 Å². The lowest BCUT2D eigenvalue weighted by atomic mass is 9.89. The van der Waals surface area contributed by atoms with Crippen LogP contribution in [0.3, 0.4) is 0 Å². The van der Waals surface area contributed by atoms with Crippen LogP contribution < -0.4 is 10.1 Å². The molecule has 3 nitrogen and oxygen atoms in total. The fourth-order valence-corrected chi connectivity index (χ4v) is 2.63. The third-order valence-corrected chi connectivity index (χ3v) is 3.54. The standard InChI is InChI=1S/C16H25NO2/c1-16(2)12-14(17-10-6-7-11-18-3)13-8-4-5-9-15(13)19-16/h4-5,8-9,14,17H,6-7,10-12H2,1-3H3. The number of methoxy groups -OCH3 is 1. The van der Waals surface area contributed by atoms with E-state index in [1.165, 1.54) is 5.56 Å². The molecule has 106 valence electrons. The number of benzene rings is 1. The molecule has 1 unspecified atom stereocenters. The summed E-state index contributed by atoms with van der Waals surface area (Å²) in [5.74, 6) is 1.02. The van der Waals surface area contributed by atoms with E-state index < -0.39 is 0 Å². The molecule has 1 aromatic carbocycles. The number of fused-ring (bicyclic) bond motifs is 1. The minimum atomic E-state index is -0.0987. The molecule has 3 heteroatoms. The predicted octanol–water partition coefficient (Wildman–Crippen LogP) is 3.31. The van der Waals surface area contributed by atoms with Gasteiger partial charge in [-0.15, -0.1) is 0 Å². The van der Waals surface area contributed by atoms with Crippen molar-refractivity contribution in [1.29, 1.82) is 0 Å². The number of hydrogen-bond acceptors (Lipinski definition) is 3. The molecule has 1 aliphatic heterocycles. The molecule has 1 heterocycles. The Hall–Kier alpha value is -1.06. The van der Waals surface area contributed by atoms with Gasteiger partial charge >= 0.3 is 0 Å². The molecule has 0 aliphatic carbocycles. The molecule has 0 amide bonds. The average Bonchev–Trinajstić information content (AvgIpc) is 2.37. The van der Waals surface area contributed by atoms with Crippen LogP contribution in [0, 0.1) is 0 Å². The second-order valence-corrected chi connectivity index (χ2v) is 5.81. The van der Waals surface area contributed by atoms with E-state index in [0.29, 0.717) is 6.04 Å². The van der Waals surface area contributed by atoms with Crippen molar-refractivity contribution < 1.29 is 9.47 Å². The Balaban J connectivity index is 1.96. The summed E-state index contributed by atoms with van der Waals surface area (Å²) < 4.78 is 11.1. The number of rotatable bonds is 6. The first-order valence-corrected chi connectivity index (χ1v) is 7.13. The normalized spacial score (nSPS) is 20.7. The summed E-state index contributed by atoms with van der Waals surface area (Å²) >= 11 is 0. The van der Waals surface area contributed by atoms with E-state index in [1.54, 1.807) is 7.11 Å². The number of para-hydroxylation sites is 1. The third kappa shape index (κ3) is 3.95. The van der Waals surface area contributed by atoms with Gasteiger partial charge < -0.3 is 14.8 Å². The summed E-state index contributed by atoms with van der Waals surface area (Å²) in [5, 5.41) is 3.66. The summed E-state index contributed by atoms with van der Waals surface area (Å²) in [6, 6.07) is 8.74. The molecular formula is C16H25NO2. The van der Waals surface area contributed by atoms with Crippen molar-refractivity contribution in [2.24, 2.45) is 0 Å². The lowest BCUT2D eigenvalue weighted by molar-refractivity contribution is 0.0659. The van der Waals surface area contributed by atoms with Gasteiger partial charge in [-0.25, -0.2) is 0 Å². The zero-order chi connectivity index (χ0) is 13.7. The van der Waals surface area contributed by atoms with Gasteiger partial charge in [0.25, 0.3) is 0 Å². The fraction of sp³-hybridized carbons (Fsp3) is 0.625. The van der Waals surface area contributed by atoms with Crippen LogP contribution in [0.5, 0.6) is 5.75 Å². The first kappa shape index (κ1) is 14.4. The molecule has 0 saturated carbocycles. The minimum Gasteiger partial charge on any atom is -0.487 e. The molecule has 0 aromatic heterocycles. The molecule has 1 atom stereocenters. The fourth-order valence-electron chi connectivity index (χ4n) is 2.63. The molecule has 1 aromatic rings. The first-order valence-electron chi connectivity index (χ1n) is 7.13. The predicted molar refractivity (Wildman–Crippen MR) is 77.6 cm³/mol. The average molecular weight is 263 g/mol. The molecule has 0 bridgehead atoms. The molecule has 0 fully saturated rings. The molecule has 19 heavy (non-hydrogen) atoms. The van der Waals surface area contributed by atoms with Crippen LogP contribution in [0.1, 0.15) is 44.7 Å². The second-order valence-electron chi connectivity index (χ2n) is 5.81. The van der Waals surface area contributed by atoms with Gasteiger partial charge in [0.1, 0.15) is 11.4 Å². The highest BCUT2D eigenvalue weighted by Crippen LogP contribution is 2.39. The highest BCUT2D eigenvalue weighted by molar-refractivity contribution is 5.38. The van der Waals surface area contributed by atoms with Gasteiger partial charge in [-0.2, -0.15) is 0 Å². The molecule has 1 N–H and O–H groups in total. The highest BCUT2D eigenvalue weighted by Gasteiger charge is 2.32. The topological polar surface area (TPSA) is 30.5 Å². The second kappa shape index (κ2) is 6.40. The van der Waals surface area contributed by atoms with Crippen molar-refractivity contribution in [1.82, 2.24) is 5.32 Å².